The molecule has 2 N–H and O–H groups in total. The maximum atomic E-state index is 12.0. The predicted molar refractivity (Wildman–Crippen MR) is 81.6 cm³/mol. The highest BCUT2D eigenvalue weighted by Gasteiger charge is 2.17. The van der Waals surface area contributed by atoms with Crippen LogP contribution in [0, 0.1) is 5.92 Å². The summed E-state index contributed by atoms with van der Waals surface area (Å²) in [7, 11) is 0. The predicted octanol–water partition coefficient (Wildman–Crippen LogP) is 3.63. The Morgan fingerprint density at radius 2 is 2.05 bits per heavy atom. The molecule has 0 fully saturated rings. The number of amides is 1. The van der Waals surface area contributed by atoms with Crippen LogP contribution in [-0.2, 0) is 0 Å². The van der Waals surface area contributed by atoms with Gasteiger partial charge in [0, 0.05) is 16.0 Å². The molecule has 1 rings (SSSR count). The minimum Gasteiger partial charge on any atom is -0.391 e. The largest absolute Gasteiger partial charge is 0.391 e. The Bertz CT molecular complexity index is 435. The molecule has 0 radical (unpaired) electrons. The SMILES string of the molecule is CCC(CC)C(O)CNC(=O)c1cc(Cl)ccc1Br. The summed E-state index contributed by atoms with van der Waals surface area (Å²) < 4.78 is 0.687. The zero-order chi connectivity index (χ0) is 14.4. The van der Waals surface area contributed by atoms with Gasteiger partial charge in [0.15, 0.2) is 0 Å². The Morgan fingerprint density at radius 1 is 1.42 bits per heavy atom. The molecule has 0 bridgehead atoms. The Hall–Kier alpha value is -0.580. The number of rotatable bonds is 6. The quantitative estimate of drug-likeness (QED) is 0.825. The van der Waals surface area contributed by atoms with Gasteiger partial charge in [-0.25, -0.2) is 0 Å². The van der Waals surface area contributed by atoms with E-state index in [-0.39, 0.29) is 18.4 Å². The van der Waals surface area contributed by atoms with Crippen LogP contribution in [0.5, 0.6) is 0 Å². The molecule has 0 saturated heterocycles. The summed E-state index contributed by atoms with van der Waals surface area (Å²) in [6, 6.07) is 5.04. The van der Waals surface area contributed by atoms with E-state index in [0.29, 0.717) is 15.1 Å². The van der Waals surface area contributed by atoms with Crippen LogP contribution in [0.1, 0.15) is 37.0 Å². The lowest BCUT2D eigenvalue weighted by molar-refractivity contribution is 0.0816. The molecule has 1 aromatic carbocycles. The van der Waals surface area contributed by atoms with E-state index in [1.54, 1.807) is 18.2 Å². The Morgan fingerprint density at radius 3 is 2.63 bits per heavy atom. The molecule has 0 aliphatic carbocycles. The first-order chi connectivity index (χ1) is 8.99. The smallest absolute Gasteiger partial charge is 0.252 e. The molecule has 0 aromatic heterocycles. The highest BCUT2D eigenvalue weighted by atomic mass is 79.9. The van der Waals surface area contributed by atoms with Crippen molar-refractivity contribution in [2.75, 3.05) is 6.54 Å². The van der Waals surface area contributed by atoms with Crippen molar-refractivity contribution in [2.24, 2.45) is 5.92 Å². The molecule has 0 spiro atoms. The Labute approximate surface area is 127 Å². The zero-order valence-electron chi connectivity index (χ0n) is 11.1. The molecule has 19 heavy (non-hydrogen) atoms. The third-order valence-electron chi connectivity index (χ3n) is 3.24. The van der Waals surface area contributed by atoms with Crippen molar-refractivity contribution in [2.45, 2.75) is 32.8 Å². The highest BCUT2D eigenvalue weighted by molar-refractivity contribution is 9.10. The number of nitrogens with one attached hydrogen (secondary N) is 1. The molecule has 1 atom stereocenters. The summed E-state index contributed by atoms with van der Waals surface area (Å²) in [5.41, 5.74) is 0.476. The molecule has 1 amide bonds. The van der Waals surface area contributed by atoms with Gasteiger partial charge in [-0.2, -0.15) is 0 Å². The highest BCUT2D eigenvalue weighted by Crippen LogP contribution is 2.21. The molecule has 5 heteroatoms. The minimum atomic E-state index is -0.517. The van der Waals surface area contributed by atoms with E-state index in [9.17, 15) is 9.90 Å². The Balaban J connectivity index is 2.63. The van der Waals surface area contributed by atoms with E-state index in [4.69, 9.17) is 11.6 Å². The maximum Gasteiger partial charge on any atom is 0.252 e. The van der Waals surface area contributed by atoms with Crippen molar-refractivity contribution in [3.8, 4) is 0 Å². The van der Waals surface area contributed by atoms with E-state index < -0.39 is 6.10 Å². The van der Waals surface area contributed by atoms with Crippen molar-refractivity contribution >= 4 is 33.4 Å². The van der Waals surface area contributed by atoms with Crippen molar-refractivity contribution in [3.63, 3.8) is 0 Å². The summed E-state index contributed by atoms with van der Waals surface area (Å²) in [6.07, 6.45) is 1.28. The second-order valence-electron chi connectivity index (χ2n) is 4.48. The van der Waals surface area contributed by atoms with Crippen LogP contribution < -0.4 is 5.32 Å². The maximum absolute atomic E-state index is 12.0. The van der Waals surface area contributed by atoms with Crippen molar-refractivity contribution < 1.29 is 9.90 Å². The molecule has 106 valence electrons. The van der Waals surface area contributed by atoms with Crippen LogP contribution >= 0.6 is 27.5 Å². The van der Waals surface area contributed by atoms with Gasteiger partial charge in [-0.1, -0.05) is 38.3 Å². The van der Waals surface area contributed by atoms with Gasteiger partial charge in [0.2, 0.25) is 0 Å². The topological polar surface area (TPSA) is 49.3 Å². The normalized spacial score (nSPS) is 12.5. The van der Waals surface area contributed by atoms with E-state index in [1.807, 2.05) is 13.8 Å². The number of aliphatic hydroxyl groups excluding tert-OH is 1. The van der Waals surface area contributed by atoms with Gasteiger partial charge < -0.3 is 10.4 Å². The van der Waals surface area contributed by atoms with Crippen LogP contribution in [0.15, 0.2) is 22.7 Å². The van der Waals surface area contributed by atoms with Crippen LogP contribution in [0.3, 0.4) is 0 Å². The summed E-state index contributed by atoms with van der Waals surface area (Å²) in [6.45, 7) is 4.32. The van der Waals surface area contributed by atoms with Gasteiger partial charge in [0.25, 0.3) is 5.91 Å². The lowest BCUT2D eigenvalue weighted by atomic mass is 9.96. The van der Waals surface area contributed by atoms with Crippen LogP contribution in [0.25, 0.3) is 0 Å². The van der Waals surface area contributed by atoms with Crippen molar-refractivity contribution in [3.05, 3.63) is 33.3 Å². The molecule has 3 nitrogen and oxygen atoms in total. The van der Waals surface area contributed by atoms with Crippen LogP contribution in [-0.4, -0.2) is 23.7 Å². The second kappa shape index (κ2) is 7.88. The number of aliphatic hydroxyl groups is 1. The van der Waals surface area contributed by atoms with E-state index in [1.165, 1.54) is 0 Å². The first-order valence-corrected chi connectivity index (χ1v) is 7.58. The lowest BCUT2D eigenvalue weighted by Crippen LogP contribution is -2.36. The third kappa shape index (κ3) is 4.79. The number of hydrogen-bond acceptors (Lipinski definition) is 2. The van der Waals surface area contributed by atoms with Crippen LogP contribution in [0.4, 0.5) is 0 Å². The van der Waals surface area contributed by atoms with Gasteiger partial charge in [-0.3, -0.25) is 4.79 Å². The first kappa shape index (κ1) is 16.5. The van der Waals surface area contributed by atoms with Gasteiger partial charge in [0.05, 0.1) is 11.7 Å². The fourth-order valence-corrected chi connectivity index (χ4v) is 2.56. The van der Waals surface area contributed by atoms with E-state index >= 15 is 0 Å². The number of halogens is 2. The van der Waals surface area contributed by atoms with Crippen molar-refractivity contribution in [1.29, 1.82) is 0 Å². The zero-order valence-corrected chi connectivity index (χ0v) is 13.5. The average molecular weight is 349 g/mol. The summed E-state index contributed by atoms with van der Waals surface area (Å²) in [5.74, 6) is -0.0255. The monoisotopic (exact) mass is 347 g/mol. The van der Waals surface area contributed by atoms with Gasteiger partial charge in [-0.05, 0) is 40.0 Å². The number of benzene rings is 1. The van der Waals surface area contributed by atoms with Gasteiger partial charge in [-0.15, -0.1) is 0 Å². The van der Waals surface area contributed by atoms with E-state index in [0.717, 1.165) is 12.8 Å². The standard InChI is InChI=1S/C14H19BrClNO2/c1-3-9(4-2)13(18)8-17-14(19)11-7-10(16)5-6-12(11)15/h5-7,9,13,18H,3-4,8H2,1-2H3,(H,17,19). The molecule has 0 heterocycles. The van der Waals surface area contributed by atoms with Gasteiger partial charge >= 0.3 is 0 Å². The van der Waals surface area contributed by atoms with Crippen LogP contribution in [0.2, 0.25) is 5.02 Å². The lowest BCUT2D eigenvalue weighted by Gasteiger charge is -2.20. The molecule has 1 unspecified atom stereocenters. The molecular weight excluding hydrogens is 330 g/mol. The number of hydrogen-bond donors (Lipinski definition) is 2. The second-order valence-corrected chi connectivity index (χ2v) is 5.77. The number of carbonyl (C=O) groups excluding carboxylic acids is 1. The molecule has 0 aliphatic rings. The molecular formula is C14H19BrClNO2. The summed E-state index contributed by atoms with van der Waals surface area (Å²) >= 11 is 9.18. The molecule has 0 aliphatic heterocycles. The first-order valence-electron chi connectivity index (χ1n) is 6.40. The third-order valence-corrected chi connectivity index (χ3v) is 4.16. The average Bonchev–Trinajstić information content (AvgIpc) is 2.40. The van der Waals surface area contributed by atoms with Crippen molar-refractivity contribution in [1.82, 2.24) is 5.32 Å². The van der Waals surface area contributed by atoms with E-state index in [2.05, 4.69) is 21.2 Å². The van der Waals surface area contributed by atoms with Gasteiger partial charge in [0.1, 0.15) is 0 Å². The number of carbonyl (C=O) groups is 1. The minimum absolute atomic E-state index is 0.211. The fraction of sp³-hybridized carbons (Fsp3) is 0.500. The molecule has 1 aromatic rings. The Kier molecular flexibility index (Phi) is 6.83. The summed E-state index contributed by atoms with van der Waals surface area (Å²) in [5, 5.41) is 13.2. The molecule has 0 saturated carbocycles. The fourth-order valence-electron chi connectivity index (χ4n) is 1.96. The summed E-state index contributed by atoms with van der Waals surface area (Å²) in [4.78, 5) is 12.0.